The number of nitriles is 1. The van der Waals surface area contributed by atoms with Crippen LogP contribution in [0.3, 0.4) is 0 Å². The lowest BCUT2D eigenvalue weighted by Gasteiger charge is -2.01. The molecule has 0 saturated carbocycles. The molecule has 3 nitrogen and oxygen atoms in total. The molecule has 0 radical (unpaired) electrons. The lowest BCUT2D eigenvalue weighted by atomic mass is 10.1. The highest BCUT2D eigenvalue weighted by Gasteiger charge is 2.08. The topological polar surface area (TPSA) is 61.1 Å². The van der Waals surface area contributed by atoms with Gasteiger partial charge in [0.2, 0.25) is 0 Å². The van der Waals surface area contributed by atoms with Crippen molar-refractivity contribution < 1.29 is 9.90 Å². The Kier molecular flexibility index (Phi) is 4.23. The van der Waals surface area contributed by atoms with Crippen molar-refractivity contribution in [3.63, 3.8) is 0 Å². The second kappa shape index (κ2) is 5.91. The molecular formula is C15H10ClNO2S. The summed E-state index contributed by atoms with van der Waals surface area (Å²) in [6.07, 6.45) is 1.62. The summed E-state index contributed by atoms with van der Waals surface area (Å²) in [6, 6.07) is 10.9. The predicted octanol–water partition coefficient (Wildman–Crippen LogP) is 4.43. The summed E-state index contributed by atoms with van der Waals surface area (Å²) in [7, 11) is 0. The number of thiophene rings is 1. The van der Waals surface area contributed by atoms with Crippen LogP contribution in [0.5, 0.6) is 0 Å². The quantitative estimate of drug-likeness (QED) is 0.853. The Hall–Kier alpha value is -2.09. The Morgan fingerprint density at radius 1 is 1.40 bits per heavy atom. The zero-order chi connectivity index (χ0) is 14.7. The van der Waals surface area contributed by atoms with Crippen molar-refractivity contribution in [1.29, 1.82) is 5.26 Å². The summed E-state index contributed by atoms with van der Waals surface area (Å²) in [5, 5.41) is 18.2. The Labute approximate surface area is 125 Å². The molecule has 0 bridgehead atoms. The van der Waals surface area contributed by atoms with Crippen molar-refractivity contribution in [2.24, 2.45) is 0 Å². The van der Waals surface area contributed by atoms with Gasteiger partial charge in [-0.15, -0.1) is 11.3 Å². The molecule has 0 saturated heterocycles. The van der Waals surface area contributed by atoms with Gasteiger partial charge < -0.3 is 5.11 Å². The Morgan fingerprint density at radius 2 is 2.15 bits per heavy atom. The van der Waals surface area contributed by atoms with Crippen molar-refractivity contribution in [1.82, 2.24) is 0 Å². The van der Waals surface area contributed by atoms with E-state index in [1.54, 1.807) is 31.2 Å². The molecule has 0 atom stereocenters. The van der Waals surface area contributed by atoms with Gasteiger partial charge in [0.25, 0.3) is 0 Å². The third-order valence-corrected chi connectivity index (χ3v) is 4.06. The molecule has 2 aromatic rings. The first-order valence-electron chi connectivity index (χ1n) is 5.72. The Morgan fingerprint density at radius 3 is 2.75 bits per heavy atom. The number of carbonyl (C=O) groups is 1. The minimum Gasteiger partial charge on any atom is -0.478 e. The number of aliphatic carboxylic acids is 1. The molecule has 100 valence electrons. The number of hydrogen-bond acceptors (Lipinski definition) is 3. The fourth-order valence-corrected chi connectivity index (χ4v) is 3.02. The van der Waals surface area contributed by atoms with Crippen LogP contribution in [0, 0.1) is 11.3 Å². The minimum atomic E-state index is -0.934. The molecule has 5 heteroatoms. The second-order valence-corrected chi connectivity index (χ2v) is 5.66. The highest BCUT2D eigenvalue weighted by molar-refractivity contribution is 7.16. The summed E-state index contributed by atoms with van der Waals surface area (Å²) in [5.41, 5.74) is 1.63. The molecule has 1 heterocycles. The van der Waals surface area contributed by atoms with Crippen LogP contribution < -0.4 is 0 Å². The van der Waals surface area contributed by atoms with Crippen molar-refractivity contribution in [3.8, 4) is 16.5 Å². The number of hydrogen-bond donors (Lipinski definition) is 1. The van der Waals surface area contributed by atoms with Gasteiger partial charge in [-0.05, 0) is 37.3 Å². The van der Waals surface area contributed by atoms with E-state index < -0.39 is 5.97 Å². The van der Waals surface area contributed by atoms with Gasteiger partial charge in [0.05, 0.1) is 16.7 Å². The largest absolute Gasteiger partial charge is 0.478 e. The number of carboxylic acid groups (broad SMARTS) is 1. The third kappa shape index (κ3) is 3.08. The summed E-state index contributed by atoms with van der Waals surface area (Å²) in [6.45, 7) is 1.55. The highest BCUT2D eigenvalue weighted by Crippen LogP contribution is 2.34. The smallest absolute Gasteiger partial charge is 0.331 e. The predicted molar refractivity (Wildman–Crippen MR) is 80.8 cm³/mol. The van der Waals surface area contributed by atoms with E-state index in [1.807, 2.05) is 18.2 Å². The maximum Gasteiger partial charge on any atom is 0.331 e. The van der Waals surface area contributed by atoms with Gasteiger partial charge in [-0.25, -0.2) is 4.79 Å². The number of halogens is 1. The molecule has 0 unspecified atom stereocenters. The lowest BCUT2D eigenvalue weighted by molar-refractivity contribution is -0.132. The van der Waals surface area contributed by atoms with Crippen LogP contribution in [-0.4, -0.2) is 11.1 Å². The zero-order valence-corrected chi connectivity index (χ0v) is 12.1. The first kappa shape index (κ1) is 14.3. The van der Waals surface area contributed by atoms with Crippen LogP contribution in [0.2, 0.25) is 5.02 Å². The van der Waals surface area contributed by atoms with E-state index in [-0.39, 0.29) is 5.57 Å². The van der Waals surface area contributed by atoms with E-state index in [2.05, 4.69) is 0 Å². The molecular weight excluding hydrogens is 294 g/mol. The van der Waals surface area contributed by atoms with Crippen LogP contribution >= 0.6 is 22.9 Å². The van der Waals surface area contributed by atoms with Gasteiger partial charge >= 0.3 is 5.97 Å². The maximum atomic E-state index is 10.8. The third-order valence-electron chi connectivity index (χ3n) is 2.69. The van der Waals surface area contributed by atoms with Crippen LogP contribution in [0.1, 0.15) is 17.4 Å². The van der Waals surface area contributed by atoms with E-state index in [0.717, 1.165) is 15.3 Å². The zero-order valence-electron chi connectivity index (χ0n) is 10.6. The second-order valence-electron chi connectivity index (χ2n) is 4.14. The van der Waals surface area contributed by atoms with E-state index >= 15 is 0 Å². The fraction of sp³-hybridized carbons (Fsp3) is 0.0667. The van der Waals surface area contributed by atoms with E-state index in [1.165, 1.54) is 11.3 Å². The molecule has 0 aliphatic rings. The van der Waals surface area contributed by atoms with Crippen LogP contribution in [0.15, 0.2) is 35.9 Å². The number of nitrogens with zero attached hydrogens (tertiary/aromatic N) is 1. The molecule has 1 aromatic carbocycles. The van der Waals surface area contributed by atoms with E-state index in [9.17, 15) is 4.79 Å². The first-order chi connectivity index (χ1) is 9.51. The number of rotatable bonds is 3. The van der Waals surface area contributed by atoms with Crippen LogP contribution in [0.25, 0.3) is 16.5 Å². The van der Waals surface area contributed by atoms with E-state index in [0.29, 0.717) is 10.6 Å². The minimum absolute atomic E-state index is 0.282. The Bertz CT molecular complexity index is 741. The maximum absolute atomic E-state index is 10.8. The monoisotopic (exact) mass is 303 g/mol. The molecule has 0 aliphatic carbocycles. The highest BCUT2D eigenvalue weighted by atomic mass is 35.5. The molecule has 1 N–H and O–H groups in total. The van der Waals surface area contributed by atoms with Crippen molar-refractivity contribution in [2.45, 2.75) is 6.92 Å². The van der Waals surface area contributed by atoms with Gasteiger partial charge in [-0.1, -0.05) is 17.7 Å². The number of benzene rings is 1. The average Bonchev–Trinajstić information content (AvgIpc) is 2.86. The molecule has 0 fully saturated rings. The fourth-order valence-electron chi connectivity index (χ4n) is 1.63. The van der Waals surface area contributed by atoms with Gasteiger partial charge in [0, 0.05) is 20.9 Å². The lowest BCUT2D eigenvalue weighted by Crippen LogP contribution is -1.94. The van der Waals surface area contributed by atoms with Crippen LogP contribution in [0.4, 0.5) is 0 Å². The average molecular weight is 304 g/mol. The molecule has 1 aromatic heterocycles. The number of carboxylic acids is 1. The first-order valence-corrected chi connectivity index (χ1v) is 6.92. The summed E-state index contributed by atoms with van der Waals surface area (Å²) in [4.78, 5) is 12.6. The van der Waals surface area contributed by atoms with Crippen molar-refractivity contribution >= 4 is 35.0 Å². The SMILES string of the molecule is C/C(=C\c1ccc(-c2ccc(C#N)cc2Cl)s1)C(=O)O. The normalized spacial score (nSPS) is 11.2. The van der Waals surface area contributed by atoms with E-state index in [4.69, 9.17) is 22.0 Å². The molecule has 0 amide bonds. The van der Waals surface area contributed by atoms with Crippen molar-refractivity contribution in [3.05, 3.63) is 51.4 Å². The molecule has 0 spiro atoms. The van der Waals surface area contributed by atoms with Gasteiger partial charge in [-0.2, -0.15) is 5.26 Å². The van der Waals surface area contributed by atoms with Gasteiger partial charge in [0.15, 0.2) is 0 Å². The standard InChI is InChI=1S/C15H10ClNO2S/c1-9(15(18)19)6-11-3-5-14(20-11)12-4-2-10(8-17)7-13(12)16/h2-7H,1H3,(H,18,19)/b9-6+. The summed E-state index contributed by atoms with van der Waals surface area (Å²) in [5.74, 6) is -0.934. The van der Waals surface area contributed by atoms with Gasteiger partial charge in [0.1, 0.15) is 0 Å². The molecule has 2 rings (SSSR count). The summed E-state index contributed by atoms with van der Waals surface area (Å²) < 4.78 is 0. The summed E-state index contributed by atoms with van der Waals surface area (Å²) >= 11 is 7.61. The van der Waals surface area contributed by atoms with Crippen molar-refractivity contribution in [2.75, 3.05) is 0 Å². The Balaban J connectivity index is 2.37. The molecule has 20 heavy (non-hydrogen) atoms. The molecule has 0 aliphatic heterocycles. The van der Waals surface area contributed by atoms with Crippen LogP contribution in [-0.2, 0) is 4.79 Å². The van der Waals surface area contributed by atoms with Gasteiger partial charge in [-0.3, -0.25) is 0 Å².